The highest BCUT2D eigenvalue weighted by atomic mass is 16.6. The van der Waals surface area contributed by atoms with Gasteiger partial charge in [-0.3, -0.25) is 4.79 Å². The van der Waals surface area contributed by atoms with Gasteiger partial charge in [0.2, 0.25) is 0 Å². The summed E-state index contributed by atoms with van der Waals surface area (Å²) in [6, 6.07) is 0. The van der Waals surface area contributed by atoms with Crippen LogP contribution in [0.3, 0.4) is 0 Å². The Labute approximate surface area is 126 Å². The van der Waals surface area contributed by atoms with Crippen LogP contribution in [0.5, 0.6) is 0 Å². The van der Waals surface area contributed by atoms with Gasteiger partial charge in [-0.25, -0.2) is 4.79 Å². The highest BCUT2D eigenvalue weighted by Crippen LogP contribution is 2.36. The highest BCUT2D eigenvalue weighted by Gasteiger charge is 2.43. The van der Waals surface area contributed by atoms with Crippen molar-refractivity contribution in [1.82, 2.24) is 4.90 Å². The van der Waals surface area contributed by atoms with E-state index in [0.717, 1.165) is 0 Å². The lowest BCUT2D eigenvalue weighted by Gasteiger charge is -2.39. The molecule has 0 aliphatic carbocycles. The number of likely N-dealkylation sites (tertiary alicyclic amines) is 1. The van der Waals surface area contributed by atoms with Crippen molar-refractivity contribution in [3.8, 4) is 0 Å². The number of nitrogens with zero attached hydrogens (tertiary/aromatic N) is 1. The summed E-state index contributed by atoms with van der Waals surface area (Å²) in [5.41, 5.74) is -1.21. The standard InChI is InChI=1S/C15H27NO5/c1-5-20-12(18)15(8-11-17)6-9-16(10-7-15)13(19)21-14(2,3)4/h17H,5-11H2,1-4H3. The van der Waals surface area contributed by atoms with Crippen molar-refractivity contribution in [2.24, 2.45) is 5.41 Å². The molecule has 0 aromatic carbocycles. The molecule has 0 spiro atoms. The first kappa shape index (κ1) is 17.8. The lowest BCUT2D eigenvalue weighted by molar-refractivity contribution is -0.159. The monoisotopic (exact) mass is 301 g/mol. The fraction of sp³-hybridized carbons (Fsp3) is 0.867. The van der Waals surface area contributed by atoms with E-state index in [4.69, 9.17) is 9.47 Å². The van der Waals surface area contributed by atoms with Crippen LogP contribution in [-0.4, -0.2) is 54.0 Å². The fourth-order valence-corrected chi connectivity index (χ4v) is 2.50. The molecule has 1 aliphatic heterocycles. The number of rotatable bonds is 4. The predicted molar refractivity (Wildman–Crippen MR) is 77.8 cm³/mol. The summed E-state index contributed by atoms with van der Waals surface area (Å²) in [5.74, 6) is -0.275. The van der Waals surface area contributed by atoms with E-state index < -0.39 is 11.0 Å². The molecule has 1 rings (SSSR count). The Kier molecular flexibility index (Phi) is 6.01. The number of aliphatic hydroxyl groups is 1. The number of aliphatic hydroxyl groups excluding tert-OH is 1. The molecule has 0 radical (unpaired) electrons. The maximum atomic E-state index is 12.1. The lowest BCUT2D eigenvalue weighted by atomic mass is 9.76. The minimum absolute atomic E-state index is 0.0642. The maximum Gasteiger partial charge on any atom is 0.410 e. The smallest absolute Gasteiger partial charge is 0.410 e. The Morgan fingerprint density at radius 3 is 2.24 bits per heavy atom. The molecule has 0 aromatic heterocycles. The van der Waals surface area contributed by atoms with Gasteiger partial charge in [0.1, 0.15) is 5.60 Å². The second kappa shape index (κ2) is 7.11. The van der Waals surface area contributed by atoms with Crippen molar-refractivity contribution in [3.05, 3.63) is 0 Å². The topological polar surface area (TPSA) is 76.1 Å². The average Bonchev–Trinajstić information content (AvgIpc) is 2.38. The third-order valence-electron chi connectivity index (χ3n) is 3.67. The predicted octanol–water partition coefficient (Wildman–Crippen LogP) is 1.95. The number of esters is 1. The minimum Gasteiger partial charge on any atom is -0.466 e. The van der Waals surface area contributed by atoms with Crippen LogP contribution in [0.2, 0.25) is 0 Å². The van der Waals surface area contributed by atoms with Gasteiger partial charge in [0, 0.05) is 19.7 Å². The summed E-state index contributed by atoms with van der Waals surface area (Å²) in [5, 5.41) is 9.22. The van der Waals surface area contributed by atoms with Crippen molar-refractivity contribution in [2.75, 3.05) is 26.3 Å². The molecule has 0 bridgehead atoms. The van der Waals surface area contributed by atoms with Crippen molar-refractivity contribution in [3.63, 3.8) is 0 Å². The lowest BCUT2D eigenvalue weighted by Crippen LogP contribution is -2.48. The van der Waals surface area contributed by atoms with Gasteiger partial charge in [-0.1, -0.05) is 0 Å². The van der Waals surface area contributed by atoms with Gasteiger partial charge < -0.3 is 19.5 Å². The number of carbonyl (C=O) groups is 2. The molecule has 21 heavy (non-hydrogen) atoms. The molecule has 6 heteroatoms. The van der Waals surface area contributed by atoms with Crippen LogP contribution in [0.15, 0.2) is 0 Å². The molecule has 0 aromatic rings. The zero-order valence-electron chi connectivity index (χ0n) is 13.5. The zero-order valence-corrected chi connectivity index (χ0v) is 13.5. The van der Waals surface area contributed by atoms with Gasteiger partial charge in [-0.15, -0.1) is 0 Å². The molecule has 0 atom stereocenters. The largest absolute Gasteiger partial charge is 0.466 e. The number of ether oxygens (including phenoxy) is 2. The molecule has 1 heterocycles. The van der Waals surface area contributed by atoms with Crippen molar-refractivity contribution < 1.29 is 24.2 Å². The van der Waals surface area contributed by atoms with Gasteiger partial charge in [0.25, 0.3) is 0 Å². The maximum absolute atomic E-state index is 12.1. The van der Waals surface area contributed by atoms with E-state index in [1.165, 1.54) is 0 Å². The first-order valence-corrected chi connectivity index (χ1v) is 7.50. The molecule has 1 N–H and O–H groups in total. The molecule has 1 aliphatic rings. The van der Waals surface area contributed by atoms with Crippen LogP contribution in [0, 0.1) is 5.41 Å². The molecule has 1 amide bonds. The van der Waals surface area contributed by atoms with Crippen LogP contribution in [-0.2, 0) is 14.3 Å². The van der Waals surface area contributed by atoms with Gasteiger partial charge in [0.05, 0.1) is 12.0 Å². The summed E-state index contributed by atoms with van der Waals surface area (Å²) in [4.78, 5) is 25.8. The summed E-state index contributed by atoms with van der Waals surface area (Å²) in [6.07, 6.45) is 0.995. The van der Waals surface area contributed by atoms with Crippen LogP contribution in [0.25, 0.3) is 0 Å². The van der Waals surface area contributed by atoms with E-state index in [1.807, 2.05) is 20.8 Å². The van der Waals surface area contributed by atoms with Crippen molar-refractivity contribution >= 4 is 12.1 Å². The third-order valence-corrected chi connectivity index (χ3v) is 3.67. The third kappa shape index (κ3) is 4.88. The normalized spacial score (nSPS) is 18.2. The Bertz CT molecular complexity index is 367. The number of carbonyl (C=O) groups excluding carboxylic acids is 2. The Hall–Kier alpha value is -1.30. The van der Waals surface area contributed by atoms with Gasteiger partial charge in [0.15, 0.2) is 0 Å². The van der Waals surface area contributed by atoms with E-state index in [-0.39, 0.29) is 18.7 Å². The first-order valence-electron chi connectivity index (χ1n) is 7.50. The first-order chi connectivity index (χ1) is 9.74. The van der Waals surface area contributed by atoms with E-state index in [0.29, 0.717) is 39.0 Å². The van der Waals surface area contributed by atoms with Crippen LogP contribution in [0.1, 0.15) is 47.0 Å². The number of amides is 1. The number of piperidine rings is 1. The quantitative estimate of drug-likeness (QED) is 0.803. The van der Waals surface area contributed by atoms with Gasteiger partial charge in [-0.2, -0.15) is 0 Å². The Morgan fingerprint density at radius 1 is 1.24 bits per heavy atom. The fourth-order valence-electron chi connectivity index (χ4n) is 2.50. The molecule has 122 valence electrons. The number of hydrogen-bond donors (Lipinski definition) is 1. The number of hydrogen-bond acceptors (Lipinski definition) is 5. The molecular weight excluding hydrogens is 274 g/mol. The molecule has 1 fully saturated rings. The summed E-state index contributed by atoms with van der Waals surface area (Å²) < 4.78 is 10.5. The van der Waals surface area contributed by atoms with Gasteiger partial charge >= 0.3 is 12.1 Å². The summed E-state index contributed by atoms with van der Waals surface area (Å²) in [6.45, 7) is 8.37. The molecule has 6 nitrogen and oxygen atoms in total. The Balaban J connectivity index is 2.66. The van der Waals surface area contributed by atoms with Gasteiger partial charge in [-0.05, 0) is 47.0 Å². The zero-order chi connectivity index (χ0) is 16.1. The van der Waals surface area contributed by atoms with E-state index >= 15 is 0 Å². The molecule has 1 saturated heterocycles. The molecule has 0 unspecified atom stereocenters. The second-order valence-corrected chi connectivity index (χ2v) is 6.44. The molecular formula is C15H27NO5. The Morgan fingerprint density at radius 2 is 1.81 bits per heavy atom. The van der Waals surface area contributed by atoms with E-state index in [9.17, 15) is 14.7 Å². The van der Waals surface area contributed by atoms with Crippen molar-refractivity contribution in [1.29, 1.82) is 0 Å². The van der Waals surface area contributed by atoms with E-state index in [2.05, 4.69) is 0 Å². The minimum atomic E-state index is -0.677. The summed E-state index contributed by atoms with van der Waals surface area (Å²) in [7, 11) is 0. The van der Waals surface area contributed by atoms with E-state index in [1.54, 1.807) is 11.8 Å². The highest BCUT2D eigenvalue weighted by molar-refractivity contribution is 5.77. The average molecular weight is 301 g/mol. The molecule has 0 saturated carbocycles. The van der Waals surface area contributed by atoms with Crippen LogP contribution < -0.4 is 0 Å². The summed E-state index contributed by atoms with van der Waals surface area (Å²) >= 11 is 0. The second-order valence-electron chi connectivity index (χ2n) is 6.44. The SMILES string of the molecule is CCOC(=O)C1(CCO)CCN(C(=O)OC(C)(C)C)CC1. The van der Waals surface area contributed by atoms with Crippen molar-refractivity contribution in [2.45, 2.75) is 52.6 Å². The van der Waals surface area contributed by atoms with Crippen LogP contribution >= 0.6 is 0 Å². The van der Waals surface area contributed by atoms with Crippen LogP contribution in [0.4, 0.5) is 4.79 Å².